The van der Waals surface area contributed by atoms with Crippen molar-refractivity contribution in [3.05, 3.63) is 39.9 Å². The highest BCUT2D eigenvalue weighted by molar-refractivity contribution is 8.01. The fourth-order valence-corrected chi connectivity index (χ4v) is 7.23. The summed E-state index contributed by atoms with van der Waals surface area (Å²) in [5.74, 6) is -3.32. The molecule has 0 bridgehead atoms. The number of hydroxylamine groups is 1. The minimum absolute atomic E-state index is 0.0125. The first-order valence-electron chi connectivity index (χ1n) is 11.8. The van der Waals surface area contributed by atoms with Crippen LogP contribution in [0, 0.1) is 6.92 Å². The van der Waals surface area contributed by atoms with Crippen molar-refractivity contribution >= 4 is 75.2 Å². The number of amides is 3. The molecule has 3 amide bonds. The summed E-state index contributed by atoms with van der Waals surface area (Å²) in [6.07, 6.45) is 0.207. The monoisotopic (exact) mass is 619 g/mol. The van der Waals surface area contributed by atoms with E-state index in [1.807, 2.05) is 0 Å². The van der Waals surface area contributed by atoms with Gasteiger partial charge in [0.05, 0.1) is 0 Å². The zero-order valence-electron chi connectivity index (χ0n) is 21.1. The number of carboxylic acids is 1. The lowest BCUT2D eigenvalue weighted by Crippen LogP contribution is -2.71. The maximum absolute atomic E-state index is 13.0. The van der Waals surface area contributed by atoms with Gasteiger partial charge in [-0.1, -0.05) is 0 Å². The van der Waals surface area contributed by atoms with Crippen molar-refractivity contribution in [2.45, 2.75) is 36.2 Å². The number of anilines is 1. The Bertz CT molecular complexity index is 1640. The molecule has 5 rings (SSSR count). The van der Waals surface area contributed by atoms with Gasteiger partial charge in [0.25, 0.3) is 23.4 Å². The van der Waals surface area contributed by atoms with Crippen molar-refractivity contribution < 1.29 is 34.3 Å². The Hall–Kier alpha value is -4.07. The quantitative estimate of drug-likeness (QED) is 0.0370. The molecule has 19 heteroatoms. The van der Waals surface area contributed by atoms with Crippen molar-refractivity contribution in [2.24, 2.45) is 0 Å². The molecule has 1 saturated heterocycles. The van der Waals surface area contributed by atoms with Crippen LogP contribution in [0.3, 0.4) is 0 Å². The lowest BCUT2D eigenvalue weighted by atomic mass is 10.0. The topological polar surface area (TPSA) is 235 Å². The van der Waals surface area contributed by atoms with Crippen LogP contribution in [0.2, 0.25) is 0 Å². The van der Waals surface area contributed by atoms with Gasteiger partial charge in [0.1, 0.15) is 33.7 Å². The standard InChI is InChI=1S/C22H21N9O7S3/c1-8-24-22-25-10(2-3-12(32)29-38)4-13(31(22)28-8)39-5-9-6-40-19-14(18(35)30(19)15(9)20(36)37)27-17(34)16(33)11-7-41-21(23)26-11/h4,7,14,19,38H,2-3,5-6H2,1H3,(H2,23,26)(H,27,34)(H,29,32)(H,36,37)/t14-,19-/m1/s1. The smallest absolute Gasteiger partial charge is 0.352 e. The summed E-state index contributed by atoms with van der Waals surface area (Å²) in [6, 6.07) is 0.622. The molecule has 0 spiro atoms. The zero-order chi connectivity index (χ0) is 29.4. The van der Waals surface area contributed by atoms with Crippen LogP contribution in [-0.2, 0) is 25.6 Å². The van der Waals surface area contributed by atoms with Gasteiger partial charge in [0.15, 0.2) is 5.13 Å². The normalized spacial score (nSPS) is 18.2. The summed E-state index contributed by atoms with van der Waals surface area (Å²) in [4.78, 5) is 75.0. The van der Waals surface area contributed by atoms with Gasteiger partial charge < -0.3 is 16.2 Å². The Morgan fingerprint density at radius 2 is 2.02 bits per heavy atom. The SMILES string of the molecule is Cc1nc2nc(CCC(=O)NO)cc(SCC3=C(C(=O)O)N4C(=O)[C@@H](NC(=O)C(=O)c5csc(N)n5)[C@H]4SC3)n2n1. The zero-order valence-corrected chi connectivity index (χ0v) is 23.5. The molecule has 2 atom stereocenters. The van der Waals surface area contributed by atoms with Gasteiger partial charge in [0.2, 0.25) is 5.91 Å². The fourth-order valence-electron chi connectivity index (χ4n) is 4.19. The summed E-state index contributed by atoms with van der Waals surface area (Å²) in [5.41, 5.74) is 7.75. The summed E-state index contributed by atoms with van der Waals surface area (Å²) >= 11 is 3.52. The minimum Gasteiger partial charge on any atom is -0.477 e. The number of Topliss-reactive ketones (excluding diaryl/α,β-unsaturated/α-hetero) is 1. The van der Waals surface area contributed by atoms with Gasteiger partial charge in [0, 0.05) is 29.0 Å². The highest BCUT2D eigenvalue weighted by Gasteiger charge is 2.54. The highest BCUT2D eigenvalue weighted by atomic mass is 32.2. The molecule has 0 aliphatic carbocycles. The highest BCUT2D eigenvalue weighted by Crippen LogP contribution is 2.41. The number of nitrogen functional groups attached to an aromatic ring is 1. The molecule has 41 heavy (non-hydrogen) atoms. The molecule has 2 aliphatic rings. The average Bonchev–Trinajstić information content (AvgIpc) is 3.56. The van der Waals surface area contributed by atoms with Gasteiger partial charge in [-0.3, -0.25) is 29.3 Å². The number of nitrogens with one attached hydrogen (secondary N) is 2. The number of aryl methyl sites for hydroxylation is 2. The molecule has 6 N–H and O–H groups in total. The number of rotatable bonds is 10. The summed E-state index contributed by atoms with van der Waals surface area (Å²) in [5, 5.41) is 26.8. The summed E-state index contributed by atoms with van der Waals surface area (Å²) in [7, 11) is 0. The van der Waals surface area contributed by atoms with Crippen LogP contribution in [-0.4, -0.2) is 92.2 Å². The van der Waals surface area contributed by atoms with Crippen LogP contribution in [0.4, 0.5) is 5.13 Å². The molecule has 2 aliphatic heterocycles. The van der Waals surface area contributed by atoms with Gasteiger partial charge in [-0.25, -0.2) is 20.2 Å². The second-order valence-corrected chi connectivity index (χ2v) is 11.8. The molecule has 1 fully saturated rings. The predicted molar refractivity (Wildman–Crippen MR) is 145 cm³/mol. The van der Waals surface area contributed by atoms with E-state index in [4.69, 9.17) is 10.9 Å². The van der Waals surface area contributed by atoms with E-state index in [9.17, 15) is 29.1 Å². The number of hydrogen-bond donors (Lipinski definition) is 5. The van der Waals surface area contributed by atoms with E-state index in [2.05, 4.69) is 25.4 Å². The largest absolute Gasteiger partial charge is 0.477 e. The second-order valence-electron chi connectivity index (χ2n) is 8.80. The van der Waals surface area contributed by atoms with E-state index < -0.39 is 40.9 Å². The number of nitrogens with zero attached hydrogens (tertiary/aromatic N) is 6. The molecule has 0 aromatic carbocycles. The van der Waals surface area contributed by atoms with Crippen molar-refractivity contribution in [3.63, 3.8) is 0 Å². The lowest BCUT2D eigenvalue weighted by molar-refractivity contribution is -0.150. The van der Waals surface area contributed by atoms with Crippen LogP contribution in [0.5, 0.6) is 0 Å². The van der Waals surface area contributed by atoms with E-state index in [-0.39, 0.29) is 40.9 Å². The molecule has 214 valence electrons. The summed E-state index contributed by atoms with van der Waals surface area (Å²) < 4.78 is 1.50. The molecule has 0 saturated carbocycles. The van der Waals surface area contributed by atoms with Crippen LogP contribution >= 0.6 is 34.9 Å². The first kappa shape index (κ1) is 28.5. The third-order valence-corrected chi connectivity index (χ3v) is 9.16. The minimum atomic E-state index is -1.30. The van der Waals surface area contributed by atoms with Crippen molar-refractivity contribution in [1.82, 2.24) is 40.3 Å². The number of nitrogens with two attached hydrogens (primary N) is 1. The number of thioether (sulfide) groups is 2. The molecule has 3 aromatic rings. The first-order valence-corrected chi connectivity index (χ1v) is 14.7. The maximum atomic E-state index is 13.0. The number of ketones is 1. The second kappa shape index (κ2) is 11.4. The van der Waals surface area contributed by atoms with E-state index in [1.54, 1.807) is 18.5 Å². The number of fused-ring (bicyclic) bond motifs is 2. The number of hydrogen-bond acceptors (Lipinski definition) is 14. The van der Waals surface area contributed by atoms with Crippen molar-refractivity contribution in [2.75, 3.05) is 17.2 Å². The van der Waals surface area contributed by atoms with Crippen molar-refractivity contribution in [1.29, 1.82) is 0 Å². The third kappa shape index (κ3) is 5.60. The Morgan fingerprint density at radius 3 is 2.71 bits per heavy atom. The Labute approximate surface area is 242 Å². The van der Waals surface area contributed by atoms with E-state index in [0.717, 1.165) is 16.2 Å². The number of aromatic nitrogens is 5. The first-order chi connectivity index (χ1) is 19.6. The fraction of sp³-hybridized carbons (Fsp3) is 0.318. The molecule has 0 unspecified atom stereocenters. The maximum Gasteiger partial charge on any atom is 0.352 e. The van der Waals surface area contributed by atoms with Gasteiger partial charge in [-0.15, -0.1) is 40.0 Å². The van der Waals surface area contributed by atoms with Gasteiger partial charge in [-0.05, 0) is 25.0 Å². The van der Waals surface area contributed by atoms with E-state index in [1.165, 1.54) is 33.4 Å². The molecule has 16 nitrogen and oxygen atoms in total. The van der Waals surface area contributed by atoms with Crippen LogP contribution < -0.4 is 16.5 Å². The average molecular weight is 620 g/mol. The number of carbonyl (C=O) groups is 5. The Kier molecular flexibility index (Phi) is 7.93. The molecular weight excluding hydrogens is 598 g/mol. The summed E-state index contributed by atoms with van der Waals surface area (Å²) in [6.45, 7) is 1.69. The number of carbonyl (C=O) groups excluding carboxylic acids is 4. The number of carboxylic acid groups (broad SMARTS) is 1. The third-order valence-electron chi connectivity index (χ3n) is 6.06. The molecular formula is C22H21N9O7S3. The van der Waals surface area contributed by atoms with Crippen LogP contribution in [0.1, 0.15) is 28.4 Å². The number of thiazole rings is 1. The molecule has 3 aromatic heterocycles. The predicted octanol–water partition coefficient (Wildman–Crippen LogP) is -0.377. The Morgan fingerprint density at radius 1 is 1.24 bits per heavy atom. The van der Waals surface area contributed by atoms with Crippen LogP contribution in [0.25, 0.3) is 5.78 Å². The Balaban J connectivity index is 1.32. The van der Waals surface area contributed by atoms with E-state index >= 15 is 0 Å². The number of β-lactam (4-membered cyclic amide) rings is 1. The molecule has 5 heterocycles. The van der Waals surface area contributed by atoms with E-state index in [0.29, 0.717) is 27.9 Å². The van der Waals surface area contributed by atoms with Crippen molar-refractivity contribution in [3.8, 4) is 0 Å². The van der Waals surface area contributed by atoms with Gasteiger partial charge >= 0.3 is 5.97 Å². The van der Waals surface area contributed by atoms with Gasteiger partial charge in [-0.2, -0.15) is 9.50 Å². The molecule has 0 radical (unpaired) electrons. The lowest BCUT2D eigenvalue weighted by Gasteiger charge is -2.49. The number of aliphatic carboxylic acids is 1. The van der Waals surface area contributed by atoms with Crippen LogP contribution in [0.15, 0.2) is 27.7 Å².